The fourth-order valence-corrected chi connectivity index (χ4v) is 2.94. The molecule has 2 rings (SSSR count). The van der Waals surface area contributed by atoms with Crippen LogP contribution in [0.3, 0.4) is 0 Å². The van der Waals surface area contributed by atoms with E-state index in [0.717, 1.165) is 24.5 Å². The van der Waals surface area contributed by atoms with Gasteiger partial charge in [0, 0.05) is 25.0 Å². The van der Waals surface area contributed by atoms with E-state index in [0.29, 0.717) is 12.3 Å². The first kappa shape index (κ1) is 12.7. The molecule has 2 saturated carbocycles. The normalized spacial score (nSPS) is 30.8. The van der Waals surface area contributed by atoms with Crippen molar-refractivity contribution in [2.24, 2.45) is 16.8 Å². The van der Waals surface area contributed by atoms with Gasteiger partial charge in [0.05, 0.1) is 0 Å². The molecule has 3 N–H and O–H groups in total. The van der Waals surface area contributed by atoms with Gasteiger partial charge in [0.25, 0.3) is 0 Å². The molecule has 2 fully saturated rings. The third-order valence-corrected chi connectivity index (χ3v) is 4.22. The van der Waals surface area contributed by atoms with Gasteiger partial charge < -0.3 is 10.9 Å². The molecule has 0 bridgehead atoms. The van der Waals surface area contributed by atoms with Crippen LogP contribution in [0.1, 0.15) is 51.9 Å². The Bertz CT molecular complexity index is 268. The highest BCUT2D eigenvalue weighted by Gasteiger charge is 2.34. The number of hydrogen-bond donors (Lipinski definition) is 2. The summed E-state index contributed by atoms with van der Waals surface area (Å²) < 4.78 is 0. The van der Waals surface area contributed by atoms with E-state index in [1.165, 1.54) is 38.5 Å². The van der Waals surface area contributed by atoms with E-state index in [2.05, 4.69) is 17.0 Å². The highest BCUT2D eigenvalue weighted by molar-refractivity contribution is 5.79. The molecule has 0 aromatic rings. The minimum absolute atomic E-state index is 0.361. The van der Waals surface area contributed by atoms with Gasteiger partial charge in [0.2, 0.25) is 0 Å². The van der Waals surface area contributed by atoms with Crippen LogP contribution in [0, 0.1) is 5.92 Å². The maximum absolute atomic E-state index is 8.59. The van der Waals surface area contributed by atoms with Gasteiger partial charge in [-0.25, -0.2) is 0 Å². The van der Waals surface area contributed by atoms with Gasteiger partial charge in [-0.2, -0.15) is 0 Å². The molecular weight excluding hydrogens is 214 g/mol. The second-order valence-electron chi connectivity index (χ2n) is 5.72. The number of oxime groups is 1. The summed E-state index contributed by atoms with van der Waals surface area (Å²) in [5, 5.41) is 11.7. The number of nitrogens with zero attached hydrogens (tertiary/aromatic N) is 2. The monoisotopic (exact) mass is 239 g/mol. The number of amidine groups is 1. The molecule has 0 atom stereocenters. The molecule has 0 aromatic carbocycles. The summed E-state index contributed by atoms with van der Waals surface area (Å²) in [5.41, 5.74) is 5.57. The third kappa shape index (κ3) is 3.60. The second-order valence-corrected chi connectivity index (χ2v) is 5.72. The predicted octanol–water partition coefficient (Wildman–Crippen LogP) is 2.17. The molecule has 4 heteroatoms. The van der Waals surface area contributed by atoms with Crippen LogP contribution in [0.5, 0.6) is 0 Å². The topological polar surface area (TPSA) is 61.8 Å². The van der Waals surface area contributed by atoms with Gasteiger partial charge in [-0.1, -0.05) is 12.1 Å². The predicted molar refractivity (Wildman–Crippen MR) is 69.2 cm³/mol. The van der Waals surface area contributed by atoms with Crippen molar-refractivity contribution in [2.45, 2.75) is 64.0 Å². The number of rotatable bonds is 5. The molecule has 0 unspecified atom stereocenters. The van der Waals surface area contributed by atoms with E-state index in [-0.39, 0.29) is 0 Å². The van der Waals surface area contributed by atoms with Gasteiger partial charge in [-0.05, 0) is 44.4 Å². The van der Waals surface area contributed by atoms with E-state index in [4.69, 9.17) is 10.9 Å². The standard InChI is InChI=1S/C13H25N3O/c1-10-2-4-11(5-3-10)16(12-6-7-12)9-8-13(14)15-17/h10-12,17H,2-9H2,1H3,(H2,14,15). The first-order valence-corrected chi connectivity index (χ1v) is 6.93. The van der Waals surface area contributed by atoms with Crippen molar-refractivity contribution in [1.29, 1.82) is 0 Å². The summed E-state index contributed by atoms with van der Waals surface area (Å²) >= 11 is 0. The highest BCUT2D eigenvalue weighted by Crippen LogP contribution is 2.35. The molecular formula is C13H25N3O. The average Bonchev–Trinajstić information content (AvgIpc) is 3.15. The van der Waals surface area contributed by atoms with Crippen LogP contribution in [-0.2, 0) is 0 Å². The summed E-state index contributed by atoms with van der Waals surface area (Å²) in [7, 11) is 0. The Hall–Kier alpha value is -0.770. The van der Waals surface area contributed by atoms with E-state index < -0.39 is 0 Å². The van der Waals surface area contributed by atoms with Gasteiger partial charge >= 0.3 is 0 Å². The Kier molecular flexibility index (Phi) is 4.26. The average molecular weight is 239 g/mol. The first-order chi connectivity index (χ1) is 8.20. The van der Waals surface area contributed by atoms with Crippen LogP contribution in [-0.4, -0.2) is 34.6 Å². The molecule has 2 aliphatic rings. The highest BCUT2D eigenvalue weighted by atomic mass is 16.4. The smallest absolute Gasteiger partial charge is 0.140 e. The van der Waals surface area contributed by atoms with Crippen molar-refractivity contribution in [1.82, 2.24) is 4.90 Å². The first-order valence-electron chi connectivity index (χ1n) is 6.93. The molecule has 98 valence electrons. The van der Waals surface area contributed by atoms with Crippen molar-refractivity contribution in [3.05, 3.63) is 0 Å². The second kappa shape index (κ2) is 5.71. The molecule has 0 saturated heterocycles. The van der Waals surface area contributed by atoms with Crippen molar-refractivity contribution in [3.63, 3.8) is 0 Å². The van der Waals surface area contributed by atoms with E-state index in [1.807, 2.05) is 0 Å². The number of hydrogen-bond acceptors (Lipinski definition) is 3. The van der Waals surface area contributed by atoms with Crippen molar-refractivity contribution in [3.8, 4) is 0 Å². The Morgan fingerprint density at radius 3 is 2.18 bits per heavy atom. The van der Waals surface area contributed by atoms with Crippen molar-refractivity contribution < 1.29 is 5.21 Å². The molecule has 0 spiro atoms. The lowest BCUT2D eigenvalue weighted by Gasteiger charge is -2.36. The summed E-state index contributed by atoms with van der Waals surface area (Å²) in [6, 6.07) is 1.52. The Balaban J connectivity index is 1.84. The Morgan fingerprint density at radius 1 is 1.18 bits per heavy atom. The van der Waals surface area contributed by atoms with Gasteiger partial charge in [-0.15, -0.1) is 0 Å². The molecule has 4 nitrogen and oxygen atoms in total. The maximum Gasteiger partial charge on any atom is 0.140 e. The minimum Gasteiger partial charge on any atom is -0.409 e. The SMILES string of the molecule is CC1CCC(N(CCC(N)=NO)C2CC2)CC1. The van der Waals surface area contributed by atoms with Gasteiger partial charge in [0.15, 0.2) is 0 Å². The molecule has 2 aliphatic carbocycles. The van der Waals surface area contributed by atoms with Gasteiger partial charge in [0.1, 0.15) is 5.84 Å². The van der Waals surface area contributed by atoms with Crippen LogP contribution in [0.25, 0.3) is 0 Å². The van der Waals surface area contributed by atoms with Crippen LogP contribution in [0.15, 0.2) is 5.16 Å². The third-order valence-electron chi connectivity index (χ3n) is 4.22. The lowest BCUT2D eigenvalue weighted by molar-refractivity contribution is 0.135. The van der Waals surface area contributed by atoms with Crippen LogP contribution < -0.4 is 5.73 Å². The molecule has 0 heterocycles. The van der Waals surface area contributed by atoms with E-state index >= 15 is 0 Å². The maximum atomic E-state index is 8.59. The molecule has 0 aliphatic heterocycles. The zero-order chi connectivity index (χ0) is 12.3. The Morgan fingerprint density at radius 2 is 1.71 bits per heavy atom. The zero-order valence-electron chi connectivity index (χ0n) is 10.8. The summed E-state index contributed by atoms with van der Waals surface area (Å²) in [6.07, 6.45) is 8.74. The summed E-state index contributed by atoms with van der Waals surface area (Å²) in [6.45, 7) is 3.31. The van der Waals surface area contributed by atoms with Gasteiger partial charge in [-0.3, -0.25) is 4.90 Å². The van der Waals surface area contributed by atoms with Crippen molar-refractivity contribution in [2.75, 3.05) is 6.54 Å². The molecule has 0 radical (unpaired) electrons. The summed E-state index contributed by atoms with van der Waals surface area (Å²) in [5.74, 6) is 1.26. The fraction of sp³-hybridized carbons (Fsp3) is 0.923. The van der Waals surface area contributed by atoms with Crippen LogP contribution in [0.4, 0.5) is 0 Å². The number of nitrogens with two attached hydrogens (primary N) is 1. The minimum atomic E-state index is 0.361. The largest absolute Gasteiger partial charge is 0.409 e. The molecule has 0 aromatic heterocycles. The lowest BCUT2D eigenvalue weighted by atomic mass is 9.86. The molecule has 0 amide bonds. The lowest BCUT2D eigenvalue weighted by Crippen LogP contribution is -2.41. The zero-order valence-corrected chi connectivity index (χ0v) is 10.8. The Labute approximate surface area is 104 Å². The van der Waals surface area contributed by atoms with Crippen molar-refractivity contribution >= 4 is 5.84 Å². The fourth-order valence-electron chi connectivity index (χ4n) is 2.94. The van der Waals surface area contributed by atoms with E-state index in [9.17, 15) is 0 Å². The quantitative estimate of drug-likeness (QED) is 0.334. The summed E-state index contributed by atoms with van der Waals surface area (Å²) in [4.78, 5) is 2.62. The molecule has 17 heavy (non-hydrogen) atoms. The van der Waals surface area contributed by atoms with E-state index in [1.54, 1.807) is 0 Å². The van der Waals surface area contributed by atoms with Crippen LogP contribution >= 0.6 is 0 Å². The van der Waals surface area contributed by atoms with Crippen LogP contribution in [0.2, 0.25) is 0 Å².